The number of nitrogens with two attached hydrogens (primary N) is 1. The molecule has 0 fully saturated rings. The fourth-order valence-corrected chi connectivity index (χ4v) is 2.83. The summed E-state index contributed by atoms with van der Waals surface area (Å²) in [5.41, 5.74) is 0.838. The zero-order valence-electron chi connectivity index (χ0n) is 13.6. The second-order valence-electron chi connectivity index (χ2n) is 5.03. The Morgan fingerprint density at radius 2 is 1.88 bits per heavy atom. The molecule has 2 N–H and O–H groups in total. The van der Waals surface area contributed by atoms with Crippen molar-refractivity contribution in [2.45, 2.75) is 5.16 Å². The van der Waals surface area contributed by atoms with E-state index in [1.165, 1.54) is 22.5 Å². The predicted octanol–water partition coefficient (Wildman–Crippen LogP) is 2.98. The number of benzene rings is 2. The van der Waals surface area contributed by atoms with Gasteiger partial charge in [0.2, 0.25) is 5.16 Å². The van der Waals surface area contributed by atoms with Gasteiger partial charge in [-0.1, -0.05) is 23.9 Å². The molecule has 3 aromatic rings. The number of nitrogens with zero attached hydrogens (tertiary/aromatic N) is 3. The van der Waals surface area contributed by atoms with Crippen LogP contribution in [0.4, 0.5) is 4.39 Å². The second kappa shape index (κ2) is 7.89. The van der Waals surface area contributed by atoms with Crippen LogP contribution in [0.5, 0.6) is 11.5 Å². The maximum atomic E-state index is 13.5. The third-order valence-electron chi connectivity index (χ3n) is 3.42. The molecule has 0 amide bonds. The van der Waals surface area contributed by atoms with Crippen molar-refractivity contribution in [3.8, 4) is 22.9 Å². The fraction of sp³-hybridized carbons (Fsp3) is 0.176. The first-order chi connectivity index (χ1) is 12.2. The lowest BCUT2D eigenvalue weighted by Crippen LogP contribution is -2.12. The molecule has 25 heavy (non-hydrogen) atoms. The molecule has 0 spiro atoms. The van der Waals surface area contributed by atoms with Gasteiger partial charge in [0, 0.05) is 11.3 Å². The highest BCUT2D eigenvalue weighted by Crippen LogP contribution is 2.23. The molecule has 0 aliphatic heterocycles. The summed E-state index contributed by atoms with van der Waals surface area (Å²) in [7, 11) is 1.61. The van der Waals surface area contributed by atoms with Crippen molar-refractivity contribution in [3.05, 3.63) is 54.3 Å². The Labute approximate surface area is 148 Å². The Balaban J connectivity index is 1.58. The van der Waals surface area contributed by atoms with Crippen LogP contribution in [0.3, 0.4) is 0 Å². The van der Waals surface area contributed by atoms with E-state index in [2.05, 4.69) is 10.2 Å². The average Bonchev–Trinajstić information content (AvgIpc) is 3.01. The molecule has 0 unspecified atom stereocenters. The first-order valence-corrected chi connectivity index (χ1v) is 8.52. The Bertz CT molecular complexity index is 839. The zero-order chi connectivity index (χ0) is 17.6. The van der Waals surface area contributed by atoms with Gasteiger partial charge < -0.3 is 15.3 Å². The van der Waals surface area contributed by atoms with Gasteiger partial charge in [0.25, 0.3) is 0 Å². The van der Waals surface area contributed by atoms with Crippen LogP contribution in [0.25, 0.3) is 11.4 Å². The van der Waals surface area contributed by atoms with Crippen molar-refractivity contribution in [3.63, 3.8) is 0 Å². The lowest BCUT2D eigenvalue weighted by molar-refractivity contribution is 0.325. The molecule has 3 rings (SSSR count). The SMILES string of the molecule is COc1ccc(-c2nnc(SCCOc3ccccc3F)n2N)cc1. The molecule has 0 aliphatic rings. The lowest BCUT2D eigenvalue weighted by Gasteiger charge is -2.07. The van der Waals surface area contributed by atoms with Gasteiger partial charge in [-0.25, -0.2) is 9.07 Å². The van der Waals surface area contributed by atoms with Crippen LogP contribution < -0.4 is 15.3 Å². The van der Waals surface area contributed by atoms with Crippen molar-refractivity contribution in [2.75, 3.05) is 25.3 Å². The summed E-state index contributed by atoms with van der Waals surface area (Å²) in [5.74, 6) is 7.79. The van der Waals surface area contributed by atoms with E-state index >= 15 is 0 Å². The number of nitrogen functional groups attached to an aromatic ring is 1. The molecule has 0 saturated heterocycles. The molecule has 1 aromatic heterocycles. The summed E-state index contributed by atoms with van der Waals surface area (Å²) < 4.78 is 25.4. The largest absolute Gasteiger partial charge is 0.497 e. The number of ether oxygens (including phenoxy) is 2. The Morgan fingerprint density at radius 3 is 2.60 bits per heavy atom. The van der Waals surface area contributed by atoms with E-state index in [1.54, 1.807) is 25.3 Å². The van der Waals surface area contributed by atoms with E-state index in [0.29, 0.717) is 23.3 Å². The number of halogens is 1. The van der Waals surface area contributed by atoms with Crippen LogP contribution in [0.15, 0.2) is 53.7 Å². The minimum Gasteiger partial charge on any atom is -0.497 e. The Morgan fingerprint density at radius 1 is 1.12 bits per heavy atom. The zero-order valence-corrected chi connectivity index (χ0v) is 14.4. The number of rotatable bonds is 7. The molecule has 0 aliphatic carbocycles. The van der Waals surface area contributed by atoms with E-state index in [9.17, 15) is 4.39 Å². The van der Waals surface area contributed by atoms with Crippen LogP contribution in [0.2, 0.25) is 0 Å². The molecule has 6 nitrogen and oxygen atoms in total. The summed E-state index contributed by atoms with van der Waals surface area (Å²) >= 11 is 1.39. The van der Waals surface area contributed by atoms with E-state index in [-0.39, 0.29) is 11.6 Å². The molecular weight excluding hydrogens is 343 g/mol. The normalized spacial score (nSPS) is 10.6. The maximum absolute atomic E-state index is 13.5. The fourth-order valence-electron chi connectivity index (χ4n) is 2.16. The highest BCUT2D eigenvalue weighted by molar-refractivity contribution is 7.99. The first-order valence-electron chi connectivity index (χ1n) is 7.54. The summed E-state index contributed by atoms with van der Waals surface area (Å²) in [4.78, 5) is 0. The maximum Gasteiger partial charge on any atom is 0.210 e. The molecule has 0 saturated carbocycles. The summed E-state index contributed by atoms with van der Waals surface area (Å²) in [6.45, 7) is 0.330. The predicted molar refractivity (Wildman–Crippen MR) is 94.8 cm³/mol. The Kier molecular flexibility index (Phi) is 5.39. The van der Waals surface area contributed by atoms with E-state index in [1.807, 2.05) is 24.3 Å². The second-order valence-corrected chi connectivity index (χ2v) is 6.09. The number of methoxy groups -OCH3 is 1. The number of hydrogen-bond acceptors (Lipinski definition) is 6. The van der Waals surface area contributed by atoms with Crippen LogP contribution in [0, 0.1) is 5.82 Å². The number of aromatic nitrogens is 3. The molecule has 0 atom stereocenters. The van der Waals surface area contributed by atoms with Gasteiger partial charge in [0.05, 0.1) is 13.7 Å². The van der Waals surface area contributed by atoms with Crippen LogP contribution in [0.1, 0.15) is 0 Å². The van der Waals surface area contributed by atoms with E-state index in [4.69, 9.17) is 15.3 Å². The van der Waals surface area contributed by atoms with Gasteiger partial charge >= 0.3 is 0 Å². The summed E-state index contributed by atoms with van der Waals surface area (Å²) in [6, 6.07) is 13.7. The Hall–Kier alpha value is -2.74. The van der Waals surface area contributed by atoms with Crippen molar-refractivity contribution in [1.29, 1.82) is 0 Å². The van der Waals surface area contributed by atoms with Crippen molar-refractivity contribution >= 4 is 11.8 Å². The molecule has 2 aromatic carbocycles. The number of hydrogen-bond donors (Lipinski definition) is 1. The van der Waals surface area contributed by atoms with Gasteiger partial charge in [-0.3, -0.25) is 0 Å². The van der Waals surface area contributed by atoms with Crippen molar-refractivity contribution in [2.24, 2.45) is 0 Å². The van der Waals surface area contributed by atoms with Gasteiger partial charge in [0.15, 0.2) is 17.4 Å². The van der Waals surface area contributed by atoms with Crippen LogP contribution in [-0.2, 0) is 0 Å². The number of thioether (sulfide) groups is 1. The topological polar surface area (TPSA) is 75.2 Å². The molecule has 0 radical (unpaired) electrons. The summed E-state index contributed by atoms with van der Waals surface area (Å²) in [5, 5.41) is 8.76. The highest BCUT2D eigenvalue weighted by Gasteiger charge is 2.12. The standard InChI is InChI=1S/C17H17FN4O2S/c1-23-13-8-6-12(7-9-13)16-20-21-17(22(16)19)25-11-10-24-15-5-3-2-4-14(15)18/h2-9H,10-11,19H2,1H3. The molecule has 0 bridgehead atoms. The van der Waals surface area contributed by atoms with Gasteiger partial charge in [0.1, 0.15) is 5.75 Å². The molecular formula is C17H17FN4O2S. The molecule has 8 heteroatoms. The van der Waals surface area contributed by atoms with Crippen molar-refractivity contribution in [1.82, 2.24) is 14.9 Å². The first kappa shape index (κ1) is 17.1. The monoisotopic (exact) mass is 360 g/mol. The van der Waals surface area contributed by atoms with Crippen LogP contribution in [-0.4, -0.2) is 34.3 Å². The average molecular weight is 360 g/mol. The quantitative estimate of drug-likeness (QED) is 0.397. The molecule has 130 valence electrons. The number of para-hydroxylation sites is 1. The lowest BCUT2D eigenvalue weighted by atomic mass is 10.2. The summed E-state index contributed by atoms with van der Waals surface area (Å²) in [6.07, 6.45) is 0. The third-order valence-corrected chi connectivity index (χ3v) is 4.33. The third kappa shape index (κ3) is 4.03. The smallest absolute Gasteiger partial charge is 0.210 e. The molecule has 1 heterocycles. The minimum absolute atomic E-state index is 0.233. The van der Waals surface area contributed by atoms with E-state index < -0.39 is 0 Å². The van der Waals surface area contributed by atoms with Gasteiger partial charge in [-0.15, -0.1) is 10.2 Å². The highest BCUT2D eigenvalue weighted by atomic mass is 32.2. The minimum atomic E-state index is -0.378. The van der Waals surface area contributed by atoms with Gasteiger partial charge in [-0.2, -0.15) is 0 Å². The van der Waals surface area contributed by atoms with Crippen LogP contribution >= 0.6 is 11.8 Å². The van der Waals surface area contributed by atoms with Crippen molar-refractivity contribution < 1.29 is 13.9 Å². The van der Waals surface area contributed by atoms with E-state index in [0.717, 1.165) is 11.3 Å². The van der Waals surface area contributed by atoms with Gasteiger partial charge in [-0.05, 0) is 36.4 Å².